The summed E-state index contributed by atoms with van der Waals surface area (Å²) in [5.41, 5.74) is 0.463. The molecule has 0 aliphatic rings. The van der Waals surface area contributed by atoms with Gasteiger partial charge >= 0.3 is 0 Å². The van der Waals surface area contributed by atoms with Gasteiger partial charge in [0, 0.05) is 16.0 Å². The van der Waals surface area contributed by atoms with Crippen LogP contribution in [0.3, 0.4) is 0 Å². The van der Waals surface area contributed by atoms with E-state index in [0.717, 1.165) is 15.0 Å². The Morgan fingerprint density at radius 2 is 1.59 bits per heavy atom. The van der Waals surface area contributed by atoms with Crippen molar-refractivity contribution in [1.29, 1.82) is 0 Å². The zero-order valence-electron chi connectivity index (χ0n) is 15.4. The number of fused-ring (bicyclic) bond motifs is 1. The average Bonchev–Trinajstić information content (AvgIpc) is 3.14. The summed E-state index contributed by atoms with van der Waals surface area (Å²) in [6, 6.07) is 13.6. The average molecular weight is 422 g/mol. The summed E-state index contributed by atoms with van der Waals surface area (Å²) in [7, 11) is 0. The Kier molecular flexibility index (Phi) is 6.97. The molecule has 5 atom stereocenters. The Morgan fingerprint density at radius 1 is 0.862 bits per heavy atom. The van der Waals surface area contributed by atoms with Gasteiger partial charge in [-0.3, -0.25) is 0 Å². The van der Waals surface area contributed by atoms with E-state index in [1.54, 1.807) is 0 Å². The second-order valence-electron chi connectivity index (χ2n) is 6.94. The lowest BCUT2D eigenvalue weighted by Gasteiger charge is -2.28. The third-order valence-electron chi connectivity index (χ3n) is 4.86. The van der Waals surface area contributed by atoms with E-state index in [2.05, 4.69) is 0 Å². The fraction of sp³-hybridized carbons (Fsp3) is 0.333. The number of aliphatic hydroxyl groups excluding tert-OH is 6. The predicted molar refractivity (Wildman–Crippen MR) is 107 cm³/mol. The van der Waals surface area contributed by atoms with Crippen molar-refractivity contribution >= 4 is 21.4 Å². The molecule has 0 saturated heterocycles. The minimum absolute atomic E-state index is 0.153. The molecule has 1 aromatic heterocycles. The number of hydrogen-bond donors (Lipinski definition) is 6. The van der Waals surface area contributed by atoms with Crippen LogP contribution in [0.5, 0.6) is 0 Å². The molecule has 0 aliphatic carbocycles. The summed E-state index contributed by atoms with van der Waals surface area (Å²) < 4.78 is 15.4. The third kappa shape index (κ3) is 4.81. The number of rotatable bonds is 8. The van der Waals surface area contributed by atoms with Gasteiger partial charge in [0.2, 0.25) is 0 Å². The number of thiophene rings is 1. The van der Waals surface area contributed by atoms with Crippen molar-refractivity contribution in [2.75, 3.05) is 6.61 Å². The molecule has 8 heteroatoms. The molecule has 3 rings (SSSR count). The number of halogens is 1. The zero-order chi connectivity index (χ0) is 21.1. The number of aliphatic hydroxyl groups is 6. The molecule has 0 spiro atoms. The number of hydrogen-bond acceptors (Lipinski definition) is 7. The highest BCUT2D eigenvalue weighted by Gasteiger charge is 2.34. The van der Waals surface area contributed by atoms with Crippen molar-refractivity contribution in [2.24, 2.45) is 0 Å². The smallest absolute Gasteiger partial charge is 0.126 e. The van der Waals surface area contributed by atoms with Crippen LogP contribution in [0.15, 0.2) is 48.5 Å². The van der Waals surface area contributed by atoms with Crippen molar-refractivity contribution < 1.29 is 35.0 Å². The largest absolute Gasteiger partial charge is 0.394 e. The standard InChI is InChI=1S/C21H23FO6S/c22-15-6-5-12(18(25)20(27)21(28)19(26)16(24)10-23)7-13(15)9-14-8-11-3-1-2-4-17(11)29-14/h1-8,16,18-21,23-28H,9-10H2/t16-,18+,19-,20+,21+/m1/s1. The topological polar surface area (TPSA) is 121 Å². The van der Waals surface area contributed by atoms with Crippen LogP contribution in [0.25, 0.3) is 10.1 Å². The molecule has 156 valence electrons. The Balaban J connectivity index is 1.80. The Morgan fingerprint density at radius 3 is 2.28 bits per heavy atom. The van der Waals surface area contributed by atoms with Crippen molar-refractivity contribution in [3.63, 3.8) is 0 Å². The normalized spacial score (nSPS) is 17.1. The summed E-state index contributed by atoms with van der Waals surface area (Å²) in [4.78, 5) is 0.929. The predicted octanol–water partition coefficient (Wildman–Crippen LogP) is 1.10. The quantitative estimate of drug-likeness (QED) is 0.323. The minimum Gasteiger partial charge on any atom is -0.394 e. The Hall–Kier alpha value is -1.91. The van der Waals surface area contributed by atoms with Gasteiger partial charge in [-0.15, -0.1) is 11.3 Å². The lowest BCUT2D eigenvalue weighted by molar-refractivity contribution is -0.141. The fourth-order valence-electron chi connectivity index (χ4n) is 3.15. The second kappa shape index (κ2) is 9.27. The van der Waals surface area contributed by atoms with Crippen LogP contribution in [0, 0.1) is 5.82 Å². The summed E-state index contributed by atoms with van der Waals surface area (Å²) in [6.45, 7) is -0.823. The first-order valence-electron chi connectivity index (χ1n) is 9.08. The summed E-state index contributed by atoms with van der Waals surface area (Å²) in [5, 5.41) is 59.5. The van der Waals surface area contributed by atoms with Gasteiger partial charge in [-0.25, -0.2) is 4.39 Å². The van der Waals surface area contributed by atoms with Gasteiger partial charge < -0.3 is 30.6 Å². The highest BCUT2D eigenvalue weighted by atomic mass is 32.1. The van der Waals surface area contributed by atoms with Crippen molar-refractivity contribution in [3.8, 4) is 0 Å². The maximum absolute atomic E-state index is 14.3. The van der Waals surface area contributed by atoms with E-state index < -0.39 is 42.9 Å². The molecule has 1 heterocycles. The van der Waals surface area contributed by atoms with Crippen LogP contribution in [0.2, 0.25) is 0 Å². The van der Waals surface area contributed by atoms with Gasteiger partial charge in [-0.1, -0.05) is 24.3 Å². The lowest BCUT2D eigenvalue weighted by Crippen LogP contribution is -2.47. The van der Waals surface area contributed by atoms with E-state index in [0.29, 0.717) is 5.56 Å². The first-order chi connectivity index (χ1) is 13.8. The van der Waals surface area contributed by atoms with Gasteiger partial charge in [0.25, 0.3) is 0 Å². The fourth-order valence-corrected chi connectivity index (χ4v) is 4.23. The van der Waals surface area contributed by atoms with Crippen LogP contribution < -0.4 is 0 Å². The SMILES string of the molecule is OC[C@@H](O)[C@@H](O)[C@H](O)[C@@H](O)[C@@H](O)c1ccc(F)c(Cc2cc3ccccc3s2)c1. The molecule has 0 saturated carbocycles. The summed E-state index contributed by atoms with van der Waals surface area (Å²) >= 11 is 1.53. The van der Waals surface area contributed by atoms with Crippen LogP contribution in [0.4, 0.5) is 4.39 Å². The zero-order valence-corrected chi connectivity index (χ0v) is 16.2. The van der Waals surface area contributed by atoms with E-state index >= 15 is 0 Å². The van der Waals surface area contributed by atoms with Crippen LogP contribution in [0.1, 0.15) is 22.1 Å². The molecule has 0 bridgehead atoms. The molecule has 0 radical (unpaired) electrons. The monoisotopic (exact) mass is 422 g/mol. The van der Waals surface area contributed by atoms with E-state index in [4.69, 9.17) is 5.11 Å². The number of benzene rings is 2. The molecule has 6 nitrogen and oxygen atoms in total. The van der Waals surface area contributed by atoms with E-state index in [9.17, 15) is 29.9 Å². The first kappa shape index (κ1) is 21.8. The van der Waals surface area contributed by atoms with Gasteiger partial charge in [0.15, 0.2) is 0 Å². The summed E-state index contributed by atoms with van der Waals surface area (Å²) in [6.07, 6.45) is -8.65. The molecule has 6 N–H and O–H groups in total. The second-order valence-corrected chi connectivity index (χ2v) is 8.11. The maximum atomic E-state index is 14.3. The first-order valence-corrected chi connectivity index (χ1v) is 9.90. The summed E-state index contributed by atoms with van der Waals surface area (Å²) in [5.74, 6) is -0.468. The minimum atomic E-state index is -1.91. The molecule has 3 aromatic rings. The van der Waals surface area contributed by atoms with Gasteiger partial charge in [0.1, 0.15) is 36.3 Å². The van der Waals surface area contributed by atoms with Crippen LogP contribution in [-0.2, 0) is 6.42 Å². The molecule has 2 aromatic carbocycles. The molecule has 0 amide bonds. The highest BCUT2D eigenvalue weighted by molar-refractivity contribution is 7.19. The lowest BCUT2D eigenvalue weighted by atomic mass is 9.94. The van der Waals surface area contributed by atoms with E-state index in [-0.39, 0.29) is 12.0 Å². The Labute approximate surface area is 170 Å². The maximum Gasteiger partial charge on any atom is 0.126 e. The molecule has 29 heavy (non-hydrogen) atoms. The molecular formula is C21H23FO6S. The van der Waals surface area contributed by atoms with Gasteiger partial charge in [0.05, 0.1) is 6.61 Å². The van der Waals surface area contributed by atoms with Gasteiger partial charge in [-0.05, 0) is 40.8 Å². The molecule has 0 unspecified atom stereocenters. The van der Waals surface area contributed by atoms with Crippen molar-refractivity contribution in [1.82, 2.24) is 0 Å². The van der Waals surface area contributed by atoms with Crippen molar-refractivity contribution in [3.05, 3.63) is 70.4 Å². The third-order valence-corrected chi connectivity index (χ3v) is 5.97. The van der Waals surface area contributed by atoms with E-state index in [1.807, 2.05) is 30.3 Å². The van der Waals surface area contributed by atoms with Crippen molar-refractivity contribution in [2.45, 2.75) is 36.9 Å². The highest BCUT2D eigenvalue weighted by Crippen LogP contribution is 2.29. The Bertz CT molecular complexity index is 928. The van der Waals surface area contributed by atoms with Gasteiger partial charge in [-0.2, -0.15) is 0 Å². The van der Waals surface area contributed by atoms with Crippen LogP contribution >= 0.6 is 11.3 Å². The molecule has 0 aliphatic heterocycles. The molecular weight excluding hydrogens is 399 g/mol. The molecule has 0 fully saturated rings. The van der Waals surface area contributed by atoms with E-state index in [1.165, 1.54) is 29.5 Å². The van der Waals surface area contributed by atoms with Crippen LogP contribution in [-0.4, -0.2) is 61.7 Å².